The maximum absolute atomic E-state index is 12.1. The molecule has 1 saturated heterocycles. The quantitative estimate of drug-likeness (QED) is 0.262. The Hall–Kier alpha value is -0.570. The molecule has 1 aliphatic heterocycles. The van der Waals surface area contributed by atoms with Gasteiger partial charge in [-0.2, -0.15) is 0 Å². The van der Waals surface area contributed by atoms with Crippen LogP contribution in [0.2, 0.25) is 0 Å². The first-order chi connectivity index (χ1) is 10.6. The number of ether oxygens (including phenoxy) is 1. The number of hydrogen-bond acceptors (Lipinski definition) is 3. The van der Waals surface area contributed by atoms with Crippen LogP contribution < -0.4 is 10.6 Å². The van der Waals surface area contributed by atoms with Crippen molar-refractivity contribution in [3.05, 3.63) is 0 Å². The third-order valence-corrected chi connectivity index (χ3v) is 3.55. The van der Waals surface area contributed by atoms with Crippen LogP contribution in [-0.4, -0.2) is 63.2 Å². The summed E-state index contributed by atoms with van der Waals surface area (Å²) in [6.45, 7) is 8.71. The van der Waals surface area contributed by atoms with E-state index in [2.05, 4.69) is 29.5 Å². The summed E-state index contributed by atoms with van der Waals surface area (Å²) in [6, 6.07) is 0. The minimum absolute atomic E-state index is 0. The molecular formula is C16H33IN4O2. The van der Waals surface area contributed by atoms with Crippen LogP contribution in [0.25, 0.3) is 0 Å². The van der Waals surface area contributed by atoms with Crippen molar-refractivity contribution >= 4 is 35.8 Å². The van der Waals surface area contributed by atoms with Crippen molar-refractivity contribution in [1.82, 2.24) is 15.5 Å². The molecule has 0 radical (unpaired) electrons. The summed E-state index contributed by atoms with van der Waals surface area (Å²) >= 11 is 0. The standard InChI is InChI=1S/C16H32N4O2.HI/c1-14(2)13-22-11-7-8-18-16(17-3)19-12-15(21)20-9-5-4-6-10-20;/h14H,4-13H2,1-3H3,(H2,17,18,19);1H. The minimum atomic E-state index is 0. The number of piperidine rings is 1. The molecule has 7 heteroatoms. The Labute approximate surface area is 157 Å². The summed E-state index contributed by atoms with van der Waals surface area (Å²) in [4.78, 5) is 18.1. The van der Waals surface area contributed by atoms with Gasteiger partial charge in [-0.1, -0.05) is 13.8 Å². The maximum Gasteiger partial charge on any atom is 0.241 e. The average molecular weight is 440 g/mol. The number of likely N-dealkylation sites (tertiary alicyclic amines) is 1. The van der Waals surface area contributed by atoms with E-state index < -0.39 is 0 Å². The first-order valence-electron chi connectivity index (χ1n) is 8.43. The lowest BCUT2D eigenvalue weighted by Crippen LogP contribution is -2.46. The van der Waals surface area contributed by atoms with Crippen molar-refractivity contribution in [2.24, 2.45) is 10.9 Å². The summed E-state index contributed by atoms with van der Waals surface area (Å²) in [5, 5.41) is 6.29. The molecule has 0 spiro atoms. The van der Waals surface area contributed by atoms with E-state index in [9.17, 15) is 4.79 Å². The molecular weight excluding hydrogens is 407 g/mol. The second kappa shape index (κ2) is 13.8. The van der Waals surface area contributed by atoms with E-state index in [0.29, 0.717) is 18.4 Å². The van der Waals surface area contributed by atoms with E-state index in [1.807, 2.05) is 4.90 Å². The SMILES string of the molecule is CN=C(NCCCOCC(C)C)NCC(=O)N1CCCCC1.I. The number of halogens is 1. The predicted octanol–water partition coefficient (Wildman–Crippen LogP) is 1.84. The van der Waals surface area contributed by atoms with E-state index in [-0.39, 0.29) is 29.9 Å². The van der Waals surface area contributed by atoms with E-state index >= 15 is 0 Å². The monoisotopic (exact) mass is 440 g/mol. The van der Waals surface area contributed by atoms with Crippen molar-refractivity contribution in [2.45, 2.75) is 39.5 Å². The Kier molecular flexibility index (Phi) is 13.5. The number of guanidine groups is 1. The van der Waals surface area contributed by atoms with Crippen molar-refractivity contribution in [3.63, 3.8) is 0 Å². The third-order valence-electron chi connectivity index (χ3n) is 3.55. The van der Waals surface area contributed by atoms with Gasteiger partial charge in [-0.25, -0.2) is 0 Å². The van der Waals surface area contributed by atoms with Crippen LogP contribution in [0.3, 0.4) is 0 Å². The maximum atomic E-state index is 12.1. The van der Waals surface area contributed by atoms with E-state index in [4.69, 9.17) is 4.74 Å². The van der Waals surface area contributed by atoms with Crippen LogP contribution in [0.1, 0.15) is 39.5 Å². The molecule has 1 amide bonds. The van der Waals surface area contributed by atoms with E-state index in [1.54, 1.807) is 7.05 Å². The highest BCUT2D eigenvalue weighted by Crippen LogP contribution is 2.08. The molecule has 0 saturated carbocycles. The molecule has 1 heterocycles. The molecule has 1 fully saturated rings. The Balaban J connectivity index is 0.00000484. The molecule has 0 aromatic rings. The molecule has 0 aromatic carbocycles. The van der Waals surface area contributed by atoms with Gasteiger partial charge in [0.25, 0.3) is 0 Å². The molecule has 0 atom stereocenters. The molecule has 1 rings (SSSR count). The zero-order valence-electron chi connectivity index (χ0n) is 14.8. The second-order valence-electron chi connectivity index (χ2n) is 6.12. The molecule has 0 aliphatic carbocycles. The molecule has 0 unspecified atom stereocenters. The van der Waals surface area contributed by atoms with Crippen molar-refractivity contribution < 1.29 is 9.53 Å². The fourth-order valence-electron chi connectivity index (χ4n) is 2.34. The van der Waals surface area contributed by atoms with Gasteiger partial charge in [0.2, 0.25) is 5.91 Å². The fraction of sp³-hybridized carbons (Fsp3) is 0.875. The number of nitrogens with zero attached hydrogens (tertiary/aromatic N) is 2. The fourth-order valence-corrected chi connectivity index (χ4v) is 2.34. The van der Waals surface area contributed by atoms with Gasteiger partial charge < -0.3 is 20.3 Å². The van der Waals surface area contributed by atoms with E-state index in [0.717, 1.165) is 52.1 Å². The van der Waals surface area contributed by atoms with E-state index in [1.165, 1.54) is 6.42 Å². The van der Waals surface area contributed by atoms with Gasteiger partial charge in [0.15, 0.2) is 5.96 Å². The first kappa shape index (κ1) is 22.4. The molecule has 23 heavy (non-hydrogen) atoms. The third kappa shape index (κ3) is 10.8. The molecule has 0 aromatic heterocycles. The number of nitrogens with one attached hydrogen (secondary N) is 2. The molecule has 0 bridgehead atoms. The van der Waals surface area contributed by atoms with Crippen LogP contribution >= 0.6 is 24.0 Å². The summed E-state index contributed by atoms with van der Waals surface area (Å²) in [5.74, 6) is 1.40. The van der Waals surface area contributed by atoms with Gasteiger partial charge in [-0.15, -0.1) is 24.0 Å². The lowest BCUT2D eigenvalue weighted by atomic mass is 10.1. The van der Waals surface area contributed by atoms with Crippen LogP contribution in [0.5, 0.6) is 0 Å². The lowest BCUT2D eigenvalue weighted by molar-refractivity contribution is -0.130. The molecule has 136 valence electrons. The Morgan fingerprint density at radius 2 is 1.91 bits per heavy atom. The zero-order valence-corrected chi connectivity index (χ0v) is 17.1. The van der Waals surface area contributed by atoms with Gasteiger partial charge in [0.1, 0.15) is 0 Å². The highest BCUT2D eigenvalue weighted by atomic mass is 127. The van der Waals surface area contributed by atoms with Crippen LogP contribution in [0.4, 0.5) is 0 Å². The summed E-state index contributed by atoms with van der Waals surface area (Å²) in [7, 11) is 1.72. The summed E-state index contributed by atoms with van der Waals surface area (Å²) in [5.41, 5.74) is 0. The van der Waals surface area contributed by atoms with Crippen LogP contribution in [0.15, 0.2) is 4.99 Å². The topological polar surface area (TPSA) is 66.0 Å². The van der Waals surface area contributed by atoms with Gasteiger partial charge in [-0.3, -0.25) is 9.79 Å². The minimum Gasteiger partial charge on any atom is -0.381 e. The zero-order chi connectivity index (χ0) is 16.2. The van der Waals surface area contributed by atoms with Gasteiger partial charge in [0.05, 0.1) is 6.54 Å². The Morgan fingerprint density at radius 3 is 2.52 bits per heavy atom. The molecule has 6 nitrogen and oxygen atoms in total. The normalized spacial score (nSPS) is 15.3. The van der Waals surface area contributed by atoms with Gasteiger partial charge in [-0.05, 0) is 31.6 Å². The number of carbonyl (C=O) groups is 1. The largest absolute Gasteiger partial charge is 0.381 e. The lowest BCUT2D eigenvalue weighted by Gasteiger charge is -2.27. The predicted molar refractivity (Wildman–Crippen MR) is 105 cm³/mol. The summed E-state index contributed by atoms with van der Waals surface area (Å²) < 4.78 is 5.53. The van der Waals surface area contributed by atoms with Gasteiger partial charge >= 0.3 is 0 Å². The van der Waals surface area contributed by atoms with Crippen molar-refractivity contribution in [1.29, 1.82) is 0 Å². The van der Waals surface area contributed by atoms with Crippen molar-refractivity contribution in [3.8, 4) is 0 Å². The van der Waals surface area contributed by atoms with Crippen molar-refractivity contribution in [2.75, 3.05) is 46.4 Å². The first-order valence-corrected chi connectivity index (χ1v) is 8.43. The smallest absolute Gasteiger partial charge is 0.241 e. The number of amides is 1. The molecule has 2 N–H and O–H groups in total. The number of aliphatic imine (C=N–C) groups is 1. The highest BCUT2D eigenvalue weighted by Gasteiger charge is 2.16. The highest BCUT2D eigenvalue weighted by molar-refractivity contribution is 14.0. The number of hydrogen-bond donors (Lipinski definition) is 2. The average Bonchev–Trinajstić information content (AvgIpc) is 2.53. The Bertz CT molecular complexity index is 345. The van der Waals surface area contributed by atoms with Crippen LogP contribution in [-0.2, 0) is 9.53 Å². The molecule has 1 aliphatic rings. The second-order valence-corrected chi connectivity index (χ2v) is 6.12. The summed E-state index contributed by atoms with van der Waals surface area (Å²) in [6.07, 6.45) is 4.40. The Morgan fingerprint density at radius 1 is 1.22 bits per heavy atom. The number of carbonyl (C=O) groups excluding carboxylic acids is 1. The van der Waals surface area contributed by atoms with Crippen LogP contribution in [0, 0.1) is 5.92 Å². The van der Waals surface area contributed by atoms with Gasteiger partial charge in [0, 0.05) is 39.9 Å². The number of rotatable bonds is 8.